The number of piperidine rings is 1. The minimum absolute atomic E-state index is 0.0446. The van der Waals surface area contributed by atoms with Crippen molar-refractivity contribution in [3.05, 3.63) is 58.1 Å². The number of rotatable bonds is 7. The minimum Gasteiger partial charge on any atom is -0.489 e. The molecule has 1 aliphatic carbocycles. The summed E-state index contributed by atoms with van der Waals surface area (Å²) in [7, 11) is 2.71. The molecular formula is C25H31NO5. The summed E-state index contributed by atoms with van der Waals surface area (Å²) in [5.41, 5.74) is 2.81. The van der Waals surface area contributed by atoms with Crippen LogP contribution < -0.4 is 0 Å². The largest absolute Gasteiger partial charge is 0.489 e. The Balaban J connectivity index is 1.63. The van der Waals surface area contributed by atoms with Crippen molar-refractivity contribution in [2.75, 3.05) is 27.3 Å². The molecule has 1 aromatic rings. The van der Waals surface area contributed by atoms with Crippen LogP contribution in [0.2, 0.25) is 0 Å². The van der Waals surface area contributed by atoms with Crippen LogP contribution in [-0.4, -0.2) is 49.7 Å². The fraction of sp³-hybridized carbons (Fsp3) is 0.480. The second kappa shape index (κ2) is 9.94. The van der Waals surface area contributed by atoms with Crippen molar-refractivity contribution in [3.8, 4) is 0 Å². The zero-order valence-corrected chi connectivity index (χ0v) is 18.8. The molecule has 2 aliphatic rings. The molecule has 0 saturated carbocycles. The van der Waals surface area contributed by atoms with Crippen molar-refractivity contribution in [2.24, 2.45) is 5.92 Å². The van der Waals surface area contributed by atoms with Crippen molar-refractivity contribution in [1.29, 1.82) is 0 Å². The molecule has 6 heteroatoms. The van der Waals surface area contributed by atoms with Crippen LogP contribution in [0.3, 0.4) is 0 Å². The lowest BCUT2D eigenvalue weighted by molar-refractivity contribution is -0.132. The Kier molecular flexibility index (Phi) is 7.31. The van der Waals surface area contributed by atoms with Crippen LogP contribution in [0.15, 0.2) is 46.9 Å². The normalized spacial score (nSPS) is 19.7. The van der Waals surface area contributed by atoms with Gasteiger partial charge < -0.3 is 14.4 Å². The molecule has 1 heterocycles. The first kappa shape index (κ1) is 22.8. The van der Waals surface area contributed by atoms with Gasteiger partial charge in [0.15, 0.2) is 0 Å². The van der Waals surface area contributed by atoms with E-state index >= 15 is 0 Å². The van der Waals surface area contributed by atoms with Gasteiger partial charge in [0.2, 0.25) is 29.0 Å². The molecular weight excluding hydrogens is 394 g/mol. The Bertz CT molecular complexity index is 926. The average Bonchev–Trinajstić information content (AvgIpc) is 2.78. The molecule has 0 bridgehead atoms. The van der Waals surface area contributed by atoms with E-state index in [1.165, 1.54) is 20.6 Å². The number of nitrogens with zero attached hydrogens (tertiary/aromatic N) is 1. The van der Waals surface area contributed by atoms with Crippen molar-refractivity contribution in [1.82, 2.24) is 4.90 Å². The maximum atomic E-state index is 12.8. The summed E-state index contributed by atoms with van der Waals surface area (Å²) in [4.78, 5) is 39.8. The standard InChI is InChI=1S/C25H31NO5/c1-16-6-5-13-26(15-16)21(27)12-11-18-7-9-19(10-8-18)14-20-17(2)22(28)24(30-3)25(31-4)23(20)29/h7-10,16H,5-6,11-15H2,1-4H3. The summed E-state index contributed by atoms with van der Waals surface area (Å²) in [6.45, 7) is 5.57. The zero-order valence-electron chi connectivity index (χ0n) is 18.8. The number of amides is 1. The zero-order chi connectivity index (χ0) is 22.5. The molecule has 1 aliphatic heterocycles. The summed E-state index contributed by atoms with van der Waals surface area (Å²) in [5, 5.41) is 0. The number of ketones is 2. The molecule has 1 aromatic carbocycles. The van der Waals surface area contributed by atoms with Crippen LogP contribution in [0.4, 0.5) is 0 Å². The Hall–Kier alpha value is -2.89. The molecule has 1 saturated heterocycles. The SMILES string of the molecule is COC1=C(OC)C(=O)C(Cc2ccc(CCC(=O)N3CCCC(C)C3)cc2)=C(C)C1=O. The molecule has 0 radical (unpaired) electrons. The lowest BCUT2D eigenvalue weighted by Crippen LogP contribution is -2.39. The fourth-order valence-corrected chi connectivity index (χ4v) is 4.26. The van der Waals surface area contributed by atoms with Crippen LogP contribution in [-0.2, 0) is 36.7 Å². The molecule has 0 N–H and O–H groups in total. The van der Waals surface area contributed by atoms with Gasteiger partial charge in [0.1, 0.15) is 0 Å². The van der Waals surface area contributed by atoms with E-state index in [4.69, 9.17) is 9.47 Å². The summed E-state index contributed by atoms with van der Waals surface area (Å²) in [6.07, 6.45) is 3.82. The highest BCUT2D eigenvalue weighted by molar-refractivity contribution is 6.23. The van der Waals surface area contributed by atoms with Gasteiger partial charge in [0.25, 0.3) is 0 Å². The van der Waals surface area contributed by atoms with E-state index in [0.717, 1.165) is 30.6 Å². The molecule has 166 valence electrons. The smallest absolute Gasteiger partial charge is 0.228 e. The predicted octanol–water partition coefficient (Wildman–Crippen LogP) is 3.39. The number of carbonyl (C=O) groups excluding carboxylic acids is 3. The molecule has 1 fully saturated rings. The molecule has 0 spiro atoms. The van der Waals surface area contributed by atoms with E-state index in [1.54, 1.807) is 6.92 Å². The van der Waals surface area contributed by atoms with E-state index in [-0.39, 0.29) is 29.0 Å². The van der Waals surface area contributed by atoms with Gasteiger partial charge in [-0.15, -0.1) is 0 Å². The first-order valence-corrected chi connectivity index (χ1v) is 10.8. The summed E-state index contributed by atoms with van der Waals surface area (Å²) >= 11 is 0. The first-order valence-electron chi connectivity index (χ1n) is 10.8. The van der Waals surface area contributed by atoms with Crippen LogP contribution in [0.25, 0.3) is 0 Å². The number of benzene rings is 1. The molecule has 1 unspecified atom stereocenters. The molecule has 1 atom stereocenters. The van der Waals surface area contributed by atoms with E-state index in [2.05, 4.69) is 6.92 Å². The fourth-order valence-electron chi connectivity index (χ4n) is 4.26. The molecule has 31 heavy (non-hydrogen) atoms. The van der Waals surface area contributed by atoms with Gasteiger partial charge in [-0.3, -0.25) is 14.4 Å². The second-order valence-corrected chi connectivity index (χ2v) is 8.41. The summed E-state index contributed by atoms with van der Waals surface area (Å²) in [6, 6.07) is 7.87. The quantitative estimate of drug-likeness (QED) is 0.626. The third-order valence-corrected chi connectivity index (χ3v) is 6.14. The number of hydrogen-bond donors (Lipinski definition) is 0. The van der Waals surface area contributed by atoms with Gasteiger partial charge in [0.05, 0.1) is 14.2 Å². The summed E-state index contributed by atoms with van der Waals surface area (Å²) < 4.78 is 10.2. The number of likely N-dealkylation sites (tertiary alicyclic amines) is 1. The number of hydrogen-bond acceptors (Lipinski definition) is 5. The number of methoxy groups -OCH3 is 2. The van der Waals surface area contributed by atoms with E-state index in [9.17, 15) is 14.4 Å². The molecule has 3 rings (SSSR count). The van der Waals surface area contributed by atoms with E-state index in [1.807, 2.05) is 29.2 Å². The highest BCUT2D eigenvalue weighted by atomic mass is 16.5. The van der Waals surface area contributed by atoms with Crippen LogP contribution in [0, 0.1) is 5.92 Å². The number of allylic oxidation sites excluding steroid dienone is 2. The second-order valence-electron chi connectivity index (χ2n) is 8.41. The maximum Gasteiger partial charge on any atom is 0.228 e. The minimum atomic E-state index is -0.323. The predicted molar refractivity (Wildman–Crippen MR) is 117 cm³/mol. The van der Waals surface area contributed by atoms with Crippen LogP contribution in [0.1, 0.15) is 44.2 Å². The highest BCUT2D eigenvalue weighted by Gasteiger charge is 2.34. The van der Waals surface area contributed by atoms with Crippen molar-refractivity contribution < 1.29 is 23.9 Å². The van der Waals surface area contributed by atoms with Gasteiger partial charge in [0, 0.05) is 37.1 Å². The lowest BCUT2D eigenvalue weighted by Gasteiger charge is -2.31. The van der Waals surface area contributed by atoms with Crippen LogP contribution >= 0.6 is 0 Å². The number of ether oxygens (including phenoxy) is 2. The highest BCUT2D eigenvalue weighted by Crippen LogP contribution is 2.28. The third kappa shape index (κ3) is 5.06. The van der Waals surface area contributed by atoms with Gasteiger partial charge in [-0.1, -0.05) is 31.2 Å². The summed E-state index contributed by atoms with van der Waals surface area (Å²) in [5.74, 6) is 0.0678. The number of aryl methyl sites for hydroxylation is 1. The molecule has 0 aromatic heterocycles. The first-order chi connectivity index (χ1) is 14.8. The number of carbonyl (C=O) groups is 3. The molecule has 6 nitrogen and oxygen atoms in total. The Morgan fingerprint density at radius 3 is 2.26 bits per heavy atom. The van der Waals surface area contributed by atoms with Crippen LogP contribution in [0.5, 0.6) is 0 Å². The van der Waals surface area contributed by atoms with Gasteiger partial charge in [-0.25, -0.2) is 0 Å². The topological polar surface area (TPSA) is 72.9 Å². The van der Waals surface area contributed by atoms with Gasteiger partial charge in [-0.05, 0) is 43.2 Å². The van der Waals surface area contributed by atoms with E-state index < -0.39 is 0 Å². The molecule has 1 amide bonds. The van der Waals surface area contributed by atoms with Crippen molar-refractivity contribution in [3.63, 3.8) is 0 Å². The maximum absolute atomic E-state index is 12.8. The average molecular weight is 426 g/mol. The van der Waals surface area contributed by atoms with E-state index in [0.29, 0.717) is 36.3 Å². The van der Waals surface area contributed by atoms with Crippen molar-refractivity contribution in [2.45, 2.75) is 46.0 Å². The Labute approximate surface area is 183 Å². The van der Waals surface area contributed by atoms with Crippen molar-refractivity contribution >= 4 is 17.5 Å². The van der Waals surface area contributed by atoms with Gasteiger partial charge in [-0.2, -0.15) is 0 Å². The lowest BCUT2D eigenvalue weighted by atomic mass is 9.88. The Morgan fingerprint density at radius 2 is 1.65 bits per heavy atom. The monoisotopic (exact) mass is 425 g/mol. The number of Topliss-reactive ketones (excluding diaryl/α,β-unsaturated/α-hetero) is 2. The Morgan fingerprint density at radius 1 is 1.03 bits per heavy atom. The van der Waals surface area contributed by atoms with Gasteiger partial charge >= 0.3 is 0 Å². The third-order valence-electron chi connectivity index (χ3n) is 6.14.